The first-order chi connectivity index (χ1) is 12.2. The van der Waals surface area contributed by atoms with E-state index in [0.717, 1.165) is 29.7 Å². The zero-order valence-corrected chi connectivity index (χ0v) is 14.8. The number of carbonyl (C=O) groups excluding carboxylic acids is 1. The number of nitrogens with one attached hydrogen (secondary N) is 1. The Kier molecular flexibility index (Phi) is 5.46. The number of carbonyl (C=O) groups is 1. The van der Waals surface area contributed by atoms with E-state index < -0.39 is 0 Å². The average Bonchev–Trinajstić information content (AvgIpc) is 2.63. The maximum atomic E-state index is 12.5. The molecule has 0 fully saturated rings. The van der Waals surface area contributed by atoms with E-state index in [0.29, 0.717) is 5.56 Å². The van der Waals surface area contributed by atoms with Gasteiger partial charge in [-0.2, -0.15) is 0 Å². The summed E-state index contributed by atoms with van der Waals surface area (Å²) in [5.74, 6) is -0.266. The first kappa shape index (κ1) is 17.2. The summed E-state index contributed by atoms with van der Waals surface area (Å²) < 4.78 is 0. The van der Waals surface area contributed by atoms with Gasteiger partial charge in [0.1, 0.15) is 5.15 Å². The number of hydrogen-bond acceptors (Lipinski definition) is 2. The van der Waals surface area contributed by atoms with Gasteiger partial charge in [0.25, 0.3) is 5.91 Å². The number of aromatic nitrogens is 1. The van der Waals surface area contributed by atoms with E-state index in [-0.39, 0.29) is 11.1 Å². The predicted molar refractivity (Wildman–Crippen MR) is 104 cm³/mol. The number of nitrogens with zero attached hydrogens (tertiary/aromatic N) is 1. The molecule has 1 aliphatic rings. The predicted octanol–water partition coefficient (Wildman–Crippen LogP) is 5.67. The van der Waals surface area contributed by atoms with Crippen molar-refractivity contribution in [3.8, 4) is 0 Å². The van der Waals surface area contributed by atoms with Crippen LogP contribution >= 0.6 is 11.6 Å². The zero-order chi connectivity index (χ0) is 17.6. The minimum absolute atomic E-state index is 0.198. The van der Waals surface area contributed by atoms with E-state index in [1.807, 2.05) is 24.3 Å². The number of halogens is 1. The Labute approximate surface area is 152 Å². The second kappa shape index (κ2) is 7.95. The summed E-state index contributed by atoms with van der Waals surface area (Å²) >= 11 is 6.02. The zero-order valence-electron chi connectivity index (χ0n) is 14.0. The molecule has 0 saturated heterocycles. The third kappa shape index (κ3) is 4.06. The third-order valence-electron chi connectivity index (χ3n) is 3.99. The minimum atomic E-state index is -0.266. The Morgan fingerprint density at radius 1 is 1.24 bits per heavy atom. The van der Waals surface area contributed by atoms with Crippen LogP contribution in [0, 0.1) is 0 Å². The Balaban J connectivity index is 1.85. The SMILES string of the molecule is CCC=C1C=CC(c2ccccc2NC(=O)c2cccnc2Cl)=CC1. The van der Waals surface area contributed by atoms with Crippen molar-refractivity contribution in [2.24, 2.45) is 0 Å². The highest BCUT2D eigenvalue weighted by molar-refractivity contribution is 6.33. The number of amides is 1. The topological polar surface area (TPSA) is 42.0 Å². The van der Waals surface area contributed by atoms with Crippen LogP contribution in [0.25, 0.3) is 5.57 Å². The van der Waals surface area contributed by atoms with Crippen LogP contribution in [-0.4, -0.2) is 10.9 Å². The first-order valence-electron chi connectivity index (χ1n) is 8.27. The van der Waals surface area contributed by atoms with Crippen molar-refractivity contribution in [1.82, 2.24) is 4.98 Å². The Morgan fingerprint density at radius 2 is 2.08 bits per heavy atom. The van der Waals surface area contributed by atoms with Gasteiger partial charge in [0.2, 0.25) is 0 Å². The molecule has 0 spiro atoms. The molecule has 1 aromatic heterocycles. The number of pyridine rings is 1. The van der Waals surface area contributed by atoms with Gasteiger partial charge in [-0.25, -0.2) is 4.98 Å². The number of rotatable bonds is 4. The molecular weight excluding hydrogens is 332 g/mol. The van der Waals surface area contributed by atoms with E-state index in [1.165, 1.54) is 5.57 Å². The lowest BCUT2D eigenvalue weighted by molar-refractivity contribution is 0.102. The highest BCUT2D eigenvalue weighted by atomic mass is 35.5. The van der Waals surface area contributed by atoms with E-state index in [9.17, 15) is 4.79 Å². The fraction of sp³-hybridized carbons (Fsp3) is 0.143. The summed E-state index contributed by atoms with van der Waals surface area (Å²) in [5.41, 5.74) is 4.52. The van der Waals surface area contributed by atoms with Crippen molar-refractivity contribution >= 4 is 28.8 Å². The van der Waals surface area contributed by atoms with Gasteiger partial charge < -0.3 is 5.32 Å². The van der Waals surface area contributed by atoms with Crippen molar-refractivity contribution in [3.05, 3.63) is 88.8 Å². The highest BCUT2D eigenvalue weighted by Crippen LogP contribution is 2.30. The molecule has 1 heterocycles. The van der Waals surface area contributed by atoms with Crippen LogP contribution in [0.5, 0.6) is 0 Å². The minimum Gasteiger partial charge on any atom is -0.321 e. The lowest BCUT2D eigenvalue weighted by Gasteiger charge is -2.15. The quantitative estimate of drug-likeness (QED) is 0.722. The molecule has 25 heavy (non-hydrogen) atoms. The van der Waals surface area contributed by atoms with Crippen molar-refractivity contribution < 1.29 is 4.79 Å². The van der Waals surface area contributed by atoms with Crippen LogP contribution in [0.1, 0.15) is 35.7 Å². The van der Waals surface area contributed by atoms with Gasteiger partial charge in [0, 0.05) is 17.4 Å². The summed E-state index contributed by atoms with van der Waals surface area (Å²) in [5, 5.41) is 3.15. The Bertz CT molecular complexity index is 881. The van der Waals surface area contributed by atoms with E-state index in [2.05, 4.69) is 41.5 Å². The molecule has 0 aliphatic heterocycles. The summed E-state index contributed by atoms with van der Waals surface area (Å²) in [7, 11) is 0. The number of hydrogen-bond donors (Lipinski definition) is 1. The monoisotopic (exact) mass is 350 g/mol. The maximum absolute atomic E-state index is 12.5. The summed E-state index contributed by atoms with van der Waals surface area (Å²) in [6, 6.07) is 11.1. The molecule has 0 saturated carbocycles. The molecule has 0 unspecified atom stereocenters. The van der Waals surface area contributed by atoms with Crippen molar-refractivity contribution in [2.45, 2.75) is 19.8 Å². The van der Waals surface area contributed by atoms with Crippen molar-refractivity contribution in [3.63, 3.8) is 0 Å². The first-order valence-corrected chi connectivity index (χ1v) is 8.65. The van der Waals surface area contributed by atoms with Crippen molar-refractivity contribution in [2.75, 3.05) is 5.32 Å². The molecule has 1 amide bonds. The van der Waals surface area contributed by atoms with Crippen LogP contribution < -0.4 is 5.32 Å². The standard InChI is InChI=1S/C21H19ClN2O/c1-2-6-15-10-12-16(13-11-15)17-7-3-4-9-19(17)24-21(25)18-8-5-14-23-20(18)22/h3-10,12-14H,2,11H2,1H3,(H,24,25). The molecule has 1 aliphatic carbocycles. The molecule has 126 valence electrons. The summed E-state index contributed by atoms with van der Waals surface area (Å²) in [4.78, 5) is 16.5. The molecule has 0 radical (unpaired) electrons. The Hall–Kier alpha value is -2.65. The number of para-hydroxylation sites is 1. The molecule has 3 nitrogen and oxygen atoms in total. The molecule has 4 heteroatoms. The van der Waals surface area contributed by atoms with Gasteiger partial charge >= 0.3 is 0 Å². The second-order valence-electron chi connectivity index (χ2n) is 5.73. The van der Waals surface area contributed by atoms with Gasteiger partial charge in [-0.3, -0.25) is 4.79 Å². The van der Waals surface area contributed by atoms with E-state index in [1.54, 1.807) is 18.3 Å². The molecule has 0 atom stereocenters. The average molecular weight is 351 g/mol. The van der Waals surface area contributed by atoms with E-state index in [4.69, 9.17) is 11.6 Å². The maximum Gasteiger partial charge on any atom is 0.258 e. The fourth-order valence-electron chi connectivity index (χ4n) is 2.76. The Morgan fingerprint density at radius 3 is 2.80 bits per heavy atom. The number of allylic oxidation sites excluding steroid dienone is 6. The third-order valence-corrected chi connectivity index (χ3v) is 4.29. The molecule has 0 bridgehead atoms. The van der Waals surface area contributed by atoms with Gasteiger partial charge in [-0.15, -0.1) is 0 Å². The van der Waals surface area contributed by atoms with Gasteiger partial charge in [0.15, 0.2) is 0 Å². The largest absolute Gasteiger partial charge is 0.321 e. The summed E-state index contributed by atoms with van der Waals surface area (Å²) in [6.07, 6.45) is 12.1. The highest BCUT2D eigenvalue weighted by Gasteiger charge is 2.14. The number of anilines is 1. The van der Waals surface area contributed by atoms with Crippen LogP contribution in [-0.2, 0) is 0 Å². The fourth-order valence-corrected chi connectivity index (χ4v) is 2.97. The lowest BCUT2D eigenvalue weighted by Crippen LogP contribution is -2.14. The summed E-state index contributed by atoms with van der Waals surface area (Å²) in [6.45, 7) is 2.13. The van der Waals surface area contributed by atoms with E-state index >= 15 is 0 Å². The number of benzene rings is 1. The van der Waals surface area contributed by atoms with Gasteiger partial charge in [-0.1, -0.05) is 61.0 Å². The van der Waals surface area contributed by atoms with Crippen molar-refractivity contribution in [1.29, 1.82) is 0 Å². The van der Waals surface area contributed by atoms with Crippen LogP contribution in [0.2, 0.25) is 5.15 Å². The molecule has 2 aromatic rings. The van der Waals surface area contributed by atoms with Crippen LogP contribution in [0.15, 0.2) is 72.5 Å². The van der Waals surface area contributed by atoms with Gasteiger partial charge in [0.05, 0.1) is 5.56 Å². The smallest absolute Gasteiger partial charge is 0.258 e. The second-order valence-corrected chi connectivity index (χ2v) is 6.08. The molecule has 3 rings (SSSR count). The van der Waals surface area contributed by atoms with Gasteiger partial charge in [-0.05, 0) is 42.2 Å². The lowest BCUT2D eigenvalue weighted by atomic mass is 9.95. The molecule has 1 aromatic carbocycles. The van der Waals surface area contributed by atoms with Crippen LogP contribution in [0.3, 0.4) is 0 Å². The molecular formula is C21H19ClN2O. The molecule has 1 N–H and O–H groups in total. The van der Waals surface area contributed by atoms with Crippen LogP contribution in [0.4, 0.5) is 5.69 Å². The normalized spacial score (nSPS) is 15.1.